The van der Waals surface area contributed by atoms with Gasteiger partial charge in [-0.2, -0.15) is 0 Å². The smallest absolute Gasteiger partial charge is 0.325 e. The van der Waals surface area contributed by atoms with Crippen LogP contribution in [0.4, 0.5) is 5.69 Å². The maximum Gasteiger partial charge on any atom is 0.325 e. The molecule has 0 bridgehead atoms. The van der Waals surface area contributed by atoms with Crippen molar-refractivity contribution in [2.24, 2.45) is 4.99 Å². The highest BCUT2D eigenvalue weighted by atomic mass is 79.9. The fourth-order valence-corrected chi connectivity index (χ4v) is 4.16. The van der Waals surface area contributed by atoms with E-state index in [9.17, 15) is 4.79 Å². The molecule has 0 saturated heterocycles. The Morgan fingerprint density at radius 2 is 1.83 bits per heavy atom. The summed E-state index contributed by atoms with van der Waals surface area (Å²) in [6, 6.07) is 23.5. The third kappa shape index (κ3) is 4.27. The largest absolute Gasteiger partial charge is 0.465 e. The minimum Gasteiger partial charge on any atom is -0.465 e. The molecule has 0 amide bonds. The van der Waals surface area contributed by atoms with Gasteiger partial charge in [-0.3, -0.25) is 4.79 Å². The van der Waals surface area contributed by atoms with Crippen molar-refractivity contribution in [1.29, 1.82) is 0 Å². The van der Waals surface area contributed by atoms with Gasteiger partial charge in [0.2, 0.25) is 0 Å². The van der Waals surface area contributed by atoms with Crippen LogP contribution in [0.15, 0.2) is 82.3 Å². The summed E-state index contributed by atoms with van der Waals surface area (Å²) in [4.78, 5) is 19.5. The second-order valence-electron chi connectivity index (χ2n) is 6.89. The minimum absolute atomic E-state index is 0.0841. The fourth-order valence-electron chi connectivity index (χ4n) is 3.65. The van der Waals surface area contributed by atoms with Crippen LogP contribution in [-0.4, -0.2) is 29.9 Å². The number of ether oxygens (including phenoxy) is 1. The van der Waals surface area contributed by atoms with Crippen LogP contribution >= 0.6 is 27.5 Å². The molecule has 0 unspecified atom stereocenters. The van der Waals surface area contributed by atoms with Crippen LogP contribution in [-0.2, 0) is 9.53 Å². The summed E-state index contributed by atoms with van der Waals surface area (Å²) in [5.41, 5.74) is 3.86. The first-order valence-corrected chi connectivity index (χ1v) is 10.8. The molecule has 3 aromatic carbocycles. The second-order valence-corrected chi connectivity index (χ2v) is 8.24. The molecule has 0 aromatic heterocycles. The van der Waals surface area contributed by atoms with Crippen molar-refractivity contribution >= 4 is 45.0 Å². The van der Waals surface area contributed by atoms with Crippen LogP contribution in [0.2, 0.25) is 5.02 Å². The van der Waals surface area contributed by atoms with E-state index < -0.39 is 0 Å². The van der Waals surface area contributed by atoms with Gasteiger partial charge in [-0.05, 0) is 55.0 Å². The number of esters is 1. The predicted molar refractivity (Wildman–Crippen MR) is 123 cm³/mol. The van der Waals surface area contributed by atoms with E-state index in [1.807, 2.05) is 66.4 Å². The summed E-state index contributed by atoms with van der Waals surface area (Å²) >= 11 is 9.68. The van der Waals surface area contributed by atoms with E-state index in [0.717, 1.165) is 26.9 Å². The maximum atomic E-state index is 12.5. The molecule has 1 atom stereocenters. The van der Waals surface area contributed by atoms with Gasteiger partial charge in [0.05, 0.1) is 18.3 Å². The Hall–Kier alpha value is -2.63. The van der Waals surface area contributed by atoms with Crippen LogP contribution in [0.5, 0.6) is 0 Å². The van der Waals surface area contributed by atoms with Crippen LogP contribution in [0, 0.1) is 0 Å². The summed E-state index contributed by atoms with van der Waals surface area (Å²) in [5.74, 6) is 0.418. The van der Waals surface area contributed by atoms with Gasteiger partial charge < -0.3 is 9.64 Å². The quantitative estimate of drug-likeness (QED) is 0.409. The molecule has 0 N–H and O–H groups in total. The highest BCUT2D eigenvalue weighted by molar-refractivity contribution is 9.10. The van der Waals surface area contributed by atoms with E-state index in [1.165, 1.54) is 0 Å². The third-order valence-electron chi connectivity index (χ3n) is 4.92. The number of carbonyl (C=O) groups excluding carboxylic acids is 1. The highest BCUT2D eigenvalue weighted by Crippen LogP contribution is 2.41. The molecule has 6 heteroatoms. The Morgan fingerprint density at radius 1 is 1.10 bits per heavy atom. The van der Waals surface area contributed by atoms with E-state index >= 15 is 0 Å². The number of hydrogen-bond donors (Lipinski definition) is 0. The number of halogens is 2. The normalized spacial score (nSPS) is 15.4. The van der Waals surface area contributed by atoms with Crippen molar-refractivity contribution in [2.75, 3.05) is 13.2 Å². The van der Waals surface area contributed by atoms with E-state index in [2.05, 4.69) is 34.1 Å². The van der Waals surface area contributed by atoms with Gasteiger partial charge in [-0.15, -0.1) is 0 Å². The van der Waals surface area contributed by atoms with E-state index in [1.54, 1.807) is 0 Å². The Labute approximate surface area is 189 Å². The molecular formula is C24H20BrClN2O2. The number of benzene rings is 3. The van der Waals surface area contributed by atoms with Gasteiger partial charge in [0.25, 0.3) is 0 Å². The number of aliphatic imine (C=N–C) groups is 1. The minimum atomic E-state index is -0.293. The first-order valence-electron chi connectivity index (χ1n) is 9.68. The summed E-state index contributed by atoms with van der Waals surface area (Å²) in [6.45, 7) is 2.22. The molecule has 0 fully saturated rings. The average Bonchev–Trinajstić information content (AvgIpc) is 2.75. The zero-order chi connectivity index (χ0) is 21.1. The van der Waals surface area contributed by atoms with Crippen molar-refractivity contribution < 1.29 is 9.53 Å². The van der Waals surface area contributed by atoms with E-state index in [4.69, 9.17) is 21.3 Å². The van der Waals surface area contributed by atoms with Crippen molar-refractivity contribution in [3.63, 3.8) is 0 Å². The number of rotatable bonds is 5. The van der Waals surface area contributed by atoms with Gasteiger partial charge in [0, 0.05) is 20.6 Å². The SMILES string of the molecule is CCOC(=O)CN1C(c2ccc(Cl)cc2)=Nc2ccc(Br)cc2[C@@H]1c1ccccc1. The van der Waals surface area contributed by atoms with Gasteiger partial charge in [0.1, 0.15) is 12.4 Å². The standard InChI is InChI=1S/C24H20BrClN2O2/c1-2-30-22(29)15-28-23(16-6-4-3-5-7-16)20-14-18(25)10-13-21(20)27-24(28)17-8-11-19(26)12-9-17/h3-14,23H,2,15H2,1H3/t23-/m0/s1. The first-order chi connectivity index (χ1) is 14.6. The lowest BCUT2D eigenvalue weighted by Gasteiger charge is -2.38. The predicted octanol–water partition coefficient (Wildman–Crippen LogP) is 6.15. The Kier molecular flexibility index (Phi) is 6.21. The second kappa shape index (κ2) is 9.02. The lowest BCUT2D eigenvalue weighted by atomic mass is 9.93. The molecule has 152 valence electrons. The molecule has 3 aromatic rings. The number of fused-ring (bicyclic) bond motifs is 1. The number of nitrogens with zero attached hydrogens (tertiary/aromatic N) is 2. The first kappa shape index (κ1) is 20.6. The van der Waals surface area contributed by atoms with Crippen molar-refractivity contribution in [2.45, 2.75) is 13.0 Å². The number of carbonyl (C=O) groups is 1. The third-order valence-corrected chi connectivity index (χ3v) is 5.66. The average molecular weight is 484 g/mol. The lowest BCUT2D eigenvalue weighted by molar-refractivity contribution is -0.143. The lowest BCUT2D eigenvalue weighted by Crippen LogP contribution is -2.42. The van der Waals surface area contributed by atoms with Crippen LogP contribution in [0.25, 0.3) is 0 Å². The molecule has 30 heavy (non-hydrogen) atoms. The zero-order valence-corrected chi connectivity index (χ0v) is 18.7. The Morgan fingerprint density at radius 3 is 2.53 bits per heavy atom. The van der Waals surface area contributed by atoms with Gasteiger partial charge in [0.15, 0.2) is 0 Å². The summed E-state index contributed by atoms with van der Waals surface area (Å²) in [7, 11) is 0. The van der Waals surface area contributed by atoms with Crippen LogP contribution in [0.3, 0.4) is 0 Å². The Balaban J connectivity index is 1.91. The van der Waals surface area contributed by atoms with E-state index in [-0.39, 0.29) is 18.6 Å². The molecule has 0 saturated carbocycles. The van der Waals surface area contributed by atoms with Gasteiger partial charge in [-0.1, -0.05) is 57.9 Å². The van der Waals surface area contributed by atoms with Crippen molar-refractivity contribution in [3.05, 3.63) is 99.0 Å². The van der Waals surface area contributed by atoms with E-state index in [0.29, 0.717) is 17.5 Å². The maximum absolute atomic E-state index is 12.5. The molecule has 0 spiro atoms. The van der Waals surface area contributed by atoms with Gasteiger partial charge >= 0.3 is 5.97 Å². The van der Waals surface area contributed by atoms with Crippen LogP contribution in [0.1, 0.15) is 29.7 Å². The molecule has 1 heterocycles. The molecule has 0 radical (unpaired) electrons. The zero-order valence-electron chi connectivity index (χ0n) is 16.4. The molecule has 4 rings (SSSR count). The summed E-state index contributed by atoms with van der Waals surface area (Å²) in [6.07, 6.45) is 0. The topological polar surface area (TPSA) is 41.9 Å². The number of amidine groups is 1. The molecule has 1 aliphatic rings. The highest BCUT2D eigenvalue weighted by Gasteiger charge is 2.33. The Bertz CT molecular complexity index is 1080. The summed E-state index contributed by atoms with van der Waals surface area (Å²) in [5, 5.41) is 0.649. The van der Waals surface area contributed by atoms with Crippen LogP contribution < -0.4 is 0 Å². The monoisotopic (exact) mass is 482 g/mol. The van der Waals surface area contributed by atoms with Crippen molar-refractivity contribution in [3.8, 4) is 0 Å². The van der Waals surface area contributed by atoms with Crippen molar-refractivity contribution in [1.82, 2.24) is 4.90 Å². The van der Waals surface area contributed by atoms with Gasteiger partial charge in [-0.25, -0.2) is 4.99 Å². The number of hydrogen-bond acceptors (Lipinski definition) is 4. The summed E-state index contributed by atoms with van der Waals surface area (Å²) < 4.78 is 6.24. The molecular weight excluding hydrogens is 464 g/mol. The molecule has 1 aliphatic heterocycles. The molecule has 4 nitrogen and oxygen atoms in total. The fraction of sp³-hybridized carbons (Fsp3) is 0.167. The molecule has 0 aliphatic carbocycles.